The van der Waals surface area contributed by atoms with Gasteiger partial charge in [-0.15, -0.1) is 0 Å². The van der Waals surface area contributed by atoms with Crippen LogP contribution in [0.25, 0.3) is 0 Å². The summed E-state index contributed by atoms with van der Waals surface area (Å²) in [5.74, 6) is -0.185. The van der Waals surface area contributed by atoms with E-state index in [0.717, 1.165) is 11.3 Å². The highest BCUT2D eigenvalue weighted by Crippen LogP contribution is 2.34. The third kappa shape index (κ3) is 2.83. The van der Waals surface area contributed by atoms with Gasteiger partial charge in [0.15, 0.2) is 0 Å². The number of hydrogen-bond acceptors (Lipinski definition) is 2. The summed E-state index contributed by atoms with van der Waals surface area (Å²) in [6.07, 6.45) is 0. The van der Waals surface area contributed by atoms with Gasteiger partial charge in [0, 0.05) is 18.3 Å². The zero-order valence-corrected chi connectivity index (χ0v) is 12.2. The molecule has 2 aromatic rings. The first-order valence-electron chi connectivity index (χ1n) is 6.97. The summed E-state index contributed by atoms with van der Waals surface area (Å²) in [4.78, 5) is 2.01. The van der Waals surface area contributed by atoms with E-state index in [2.05, 4.69) is 5.32 Å². The van der Waals surface area contributed by atoms with E-state index in [1.54, 1.807) is 6.07 Å². The van der Waals surface area contributed by atoms with Crippen molar-refractivity contribution in [1.29, 1.82) is 0 Å². The van der Waals surface area contributed by atoms with Gasteiger partial charge in [0.25, 0.3) is 0 Å². The fourth-order valence-corrected chi connectivity index (χ4v) is 2.40. The summed E-state index contributed by atoms with van der Waals surface area (Å²) >= 11 is 0. The van der Waals surface area contributed by atoms with Crippen LogP contribution in [0.4, 0.5) is 15.8 Å². The largest absolute Gasteiger partial charge is 0.339 e. The van der Waals surface area contributed by atoms with Crippen molar-refractivity contribution in [3.63, 3.8) is 0 Å². The molecule has 0 heterocycles. The molecule has 0 amide bonds. The number of rotatable bonds is 5. The first-order valence-corrected chi connectivity index (χ1v) is 6.97. The van der Waals surface area contributed by atoms with Gasteiger partial charge in [0.1, 0.15) is 5.82 Å². The minimum Gasteiger partial charge on any atom is -0.339 e. The number of para-hydroxylation sites is 2. The van der Waals surface area contributed by atoms with Gasteiger partial charge in [-0.1, -0.05) is 30.3 Å². The molecule has 106 valence electrons. The molecule has 0 saturated carbocycles. The highest BCUT2D eigenvalue weighted by Gasteiger charge is 2.19. The normalized spacial score (nSPS) is 12.2. The molecule has 0 bridgehead atoms. The second kappa shape index (κ2) is 6.53. The molecule has 2 nitrogen and oxygen atoms in total. The summed E-state index contributed by atoms with van der Waals surface area (Å²) < 4.78 is 14.4. The Hall–Kier alpha value is -1.87. The van der Waals surface area contributed by atoms with Gasteiger partial charge in [-0.2, -0.15) is 0 Å². The van der Waals surface area contributed by atoms with E-state index < -0.39 is 0 Å². The molecule has 0 aliphatic heterocycles. The Morgan fingerprint density at radius 3 is 2.40 bits per heavy atom. The molecule has 1 unspecified atom stereocenters. The number of nitrogens with one attached hydrogen (secondary N) is 1. The van der Waals surface area contributed by atoms with Crippen LogP contribution >= 0.6 is 0 Å². The quantitative estimate of drug-likeness (QED) is 0.874. The third-order valence-corrected chi connectivity index (χ3v) is 3.57. The van der Waals surface area contributed by atoms with E-state index in [9.17, 15) is 4.39 Å². The van der Waals surface area contributed by atoms with E-state index in [0.29, 0.717) is 12.2 Å². The van der Waals surface area contributed by atoms with Crippen LogP contribution in [0.5, 0.6) is 0 Å². The van der Waals surface area contributed by atoms with Crippen LogP contribution in [-0.4, -0.2) is 13.6 Å². The molecule has 0 radical (unpaired) electrons. The molecule has 0 aromatic heterocycles. The van der Waals surface area contributed by atoms with Gasteiger partial charge < -0.3 is 10.2 Å². The molecular weight excluding hydrogens is 251 g/mol. The van der Waals surface area contributed by atoms with Gasteiger partial charge in [-0.3, -0.25) is 0 Å². The zero-order valence-electron chi connectivity index (χ0n) is 12.2. The molecule has 2 aromatic carbocycles. The maximum atomic E-state index is 14.4. The molecule has 0 aliphatic rings. The van der Waals surface area contributed by atoms with Crippen LogP contribution in [0.15, 0.2) is 48.5 Å². The van der Waals surface area contributed by atoms with E-state index in [4.69, 9.17) is 0 Å². The maximum Gasteiger partial charge on any atom is 0.147 e. The highest BCUT2D eigenvalue weighted by atomic mass is 19.1. The van der Waals surface area contributed by atoms with Crippen molar-refractivity contribution in [3.8, 4) is 0 Å². The van der Waals surface area contributed by atoms with Crippen molar-refractivity contribution in [2.24, 2.45) is 0 Å². The molecule has 0 aliphatic carbocycles. The molecule has 0 spiro atoms. The van der Waals surface area contributed by atoms with Gasteiger partial charge in [0.05, 0.1) is 5.69 Å². The molecule has 3 heteroatoms. The number of hydrogen-bond donors (Lipinski definition) is 1. The smallest absolute Gasteiger partial charge is 0.147 e. The Morgan fingerprint density at radius 1 is 1.10 bits per heavy atom. The van der Waals surface area contributed by atoms with E-state index in [1.165, 1.54) is 6.07 Å². The van der Waals surface area contributed by atoms with Crippen molar-refractivity contribution in [2.45, 2.75) is 19.9 Å². The Labute approximate surface area is 120 Å². The standard InChI is InChI=1S/C17H21FN2/c1-4-20(14-9-6-5-7-10-14)17-15(13(2)19-3)11-8-12-16(17)18/h5-13,19H,4H2,1-3H3. The molecular formula is C17H21FN2. The predicted octanol–water partition coefficient (Wildman–Crippen LogP) is 4.26. The first kappa shape index (κ1) is 14.5. The van der Waals surface area contributed by atoms with E-state index >= 15 is 0 Å². The fourth-order valence-electron chi connectivity index (χ4n) is 2.40. The van der Waals surface area contributed by atoms with Gasteiger partial charge >= 0.3 is 0 Å². The average molecular weight is 272 g/mol. The topological polar surface area (TPSA) is 15.3 Å². The summed E-state index contributed by atoms with van der Waals surface area (Å²) in [6, 6.07) is 15.3. The summed E-state index contributed by atoms with van der Waals surface area (Å²) in [5, 5.41) is 3.19. The number of nitrogens with zero attached hydrogens (tertiary/aromatic N) is 1. The Kier molecular flexibility index (Phi) is 4.74. The van der Waals surface area contributed by atoms with Gasteiger partial charge in [-0.25, -0.2) is 4.39 Å². The van der Waals surface area contributed by atoms with Crippen LogP contribution in [0.3, 0.4) is 0 Å². The predicted molar refractivity (Wildman–Crippen MR) is 83.0 cm³/mol. The van der Waals surface area contributed by atoms with Crippen molar-refractivity contribution in [2.75, 3.05) is 18.5 Å². The summed E-state index contributed by atoms with van der Waals surface area (Å²) in [6.45, 7) is 4.79. The first-order chi connectivity index (χ1) is 9.69. The second-order valence-corrected chi connectivity index (χ2v) is 4.77. The zero-order chi connectivity index (χ0) is 14.5. The molecule has 20 heavy (non-hydrogen) atoms. The van der Waals surface area contributed by atoms with Crippen LogP contribution in [-0.2, 0) is 0 Å². The SMILES string of the molecule is CCN(c1ccccc1)c1c(F)cccc1C(C)NC. The van der Waals surface area contributed by atoms with Crippen LogP contribution in [0, 0.1) is 5.82 Å². The minimum atomic E-state index is -0.185. The fraction of sp³-hybridized carbons (Fsp3) is 0.294. The lowest BCUT2D eigenvalue weighted by molar-refractivity contribution is 0.606. The third-order valence-electron chi connectivity index (χ3n) is 3.57. The molecule has 0 fully saturated rings. The van der Waals surface area contributed by atoms with Crippen molar-refractivity contribution in [1.82, 2.24) is 5.32 Å². The molecule has 1 N–H and O–H groups in total. The van der Waals surface area contributed by atoms with Crippen LogP contribution < -0.4 is 10.2 Å². The van der Waals surface area contributed by atoms with Gasteiger partial charge in [-0.05, 0) is 44.7 Å². The number of anilines is 2. The Balaban J connectivity index is 2.54. The lowest BCUT2D eigenvalue weighted by Gasteiger charge is -2.28. The summed E-state index contributed by atoms with van der Waals surface area (Å²) in [7, 11) is 1.89. The second-order valence-electron chi connectivity index (χ2n) is 4.77. The molecule has 1 atom stereocenters. The molecule has 2 rings (SSSR count). The highest BCUT2D eigenvalue weighted by molar-refractivity contribution is 5.67. The van der Waals surface area contributed by atoms with Gasteiger partial charge in [0.2, 0.25) is 0 Å². The maximum absolute atomic E-state index is 14.4. The van der Waals surface area contributed by atoms with Crippen molar-refractivity contribution in [3.05, 3.63) is 59.9 Å². The van der Waals surface area contributed by atoms with Crippen molar-refractivity contribution >= 4 is 11.4 Å². The summed E-state index contributed by atoms with van der Waals surface area (Å²) in [5.41, 5.74) is 2.63. The van der Waals surface area contributed by atoms with E-state index in [1.807, 2.05) is 62.2 Å². The minimum absolute atomic E-state index is 0.0958. The monoisotopic (exact) mass is 272 g/mol. The number of halogens is 1. The average Bonchev–Trinajstić information content (AvgIpc) is 2.50. The van der Waals surface area contributed by atoms with Crippen LogP contribution in [0.1, 0.15) is 25.5 Å². The van der Waals surface area contributed by atoms with Crippen LogP contribution in [0.2, 0.25) is 0 Å². The Bertz CT molecular complexity index is 554. The lowest BCUT2D eigenvalue weighted by atomic mass is 10.0. The number of benzene rings is 2. The lowest BCUT2D eigenvalue weighted by Crippen LogP contribution is -2.22. The Morgan fingerprint density at radius 2 is 1.80 bits per heavy atom. The molecule has 0 saturated heterocycles. The van der Waals surface area contributed by atoms with Crippen molar-refractivity contribution < 1.29 is 4.39 Å². The van der Waals surface area contributed by atoms with E-state index in [-0.39, 0.29) is 11.9 Å².